The zero-order valence-electron chi connectivity index (χ0n) is 17.7. The third-order valence-corrected chi connectivity index (χ3v) is 6.52. The molecule has 5 heterocycles. The van der Waals surface area contributed by atoms with Crippen LogP contribution in [-0.2, 0) is 11.2 Å². The molecular weight excluding hydrogens is 440 g/mol. The summed E-state index contributed by atoms with van der Waals surface area (Å²) in [4.78, 5) is 33.2. The second kappa shape index (κ2) is 8.04. The van der Waals surface area contributed by atoms with E-state index in [1.807, 2.05) is 41.4 Å². The van der Waals surface area contributed by atoms with Gasteiger partial charge in [0.2, 0.25) is 0 Å². The van der Waals surface area contributed by atoms with E-state index in [1.165, 1.54) is 0 Å². The lowest BCUT2D eigenvalue weighted by molar-refractivity contribution is -0.138. The number of benzene rings is 1. The maximum Gasteiger partial charge on any atom is 0.264 e. The van der Waals surface area contributed by atoms with Crippen molar-refractivity contribution >= 4 is 34.4 Å². The maximum absolute atomic E-state index is 13.3. The van der Waals surface area contributed by atoms with Gasteiger partial charge in [-0.05, 0) is 35.9 Å². The fraction of sp³-hybridized carbons (Fsp3) is 0.250. The molecule has 0 unspecified atom stereocenters. The summed E-state index contributed by atoms with van der Waals surface area (Å²) in [5.41, 5.74) is 3.62. The first-order chi connectivity index (χ1) is 16.2. The van der Waals surface area contributed by atoms with Gasteiger partial charge in [-0.1, -0.05) is 11.6 Å². The van der Waals surface area contributed by atoms with E-state index in [9.17, 15) is 4.79 Å². The van der Waals surface area contributed by atoms with Gasteiger partial charge >= 0.3 is 0 Å². The number of hydrogen-bond acceptors (Lipinski definition) is 6. The van der Waals surface area contributed by atoms with Crippen molar-refractivity contribution in [3.63, 3.8) is 0 Å². The van der Waals surface area contributed by atoms with Gasteiger partial charge in [-0.25, -0.2) is 15.0 Å². The van der Waals surface area contributed by atoms with E-state index >= 15 is 0 Å². The van der Waals surface area contributed by atoms with Crippen molar-refractivity contribution in [3.05, 3.63) is 65.8 Å². The number of pyridine rings is 1. The normalized spacial score (nSPS) is 17.8. The minimum absolute atomic E-state index is 0.0112. The van der Waals surface area contributed by atoms with Crippen LogP contribution in [0.25, 0.3) is 22.2 Å². The summed E-state index contributed by atoms with van der Waals surface area (Å²) in [6.45, 7) is 2.70. The summed E-state index contributed by atoms with van der Waals surface area (Å²) in [7, 11) is 0. The smallest absolute Gasteiger partial charge is 0.264 e. The second-order valence-corrected chi connectivity index (χ2v) is 8.67. The number of anilines is 1. The van der Waals surface area contributed by atoms with Crippen molar-refractivity contribution in [2.24, 2.45) is 0 Å². The summed E-state index contributed by atoms with van der Waals surface area (Å²) in [6, 6.07) is 9.62. The Bertz CT molecular complexity index is 1330. The first kappa shape index (κ1) is 20.0. The number of aromatic amines is 1. The molecule has 33 heavy (non-hydrogen) atoms. The molecule has 1 amide bonds. The van der Waals surface area contributed by atoms with Crippen molar-refractivity contribution in [2.45, 2.75) is 12.5 Å². The molecular formula is C24H21ClN6O2. The molecule has 3 aromatic heterocycles. The van der Waals surface area contributed by atoms with Crippen LogP contribution in [0.15, 0.2) is 55.2 Å². The number of nitrogens with one attached hydrogen (secondary N) is 1. The van der Waals surface area contributed by atoms with Crippen LogP contribution in [0, 0.1) is 0 Å². The molecule has 1 saturated heterocycles. The Morgan fingerprint density at radius 3 is 2.76 bits per heavy atom. The maximum atomic E-state index is 13.3. The molecule has 1 atom stereocenters. The molecule has 1 N–H and O–H groups in total. The quantitative estimate of drug-likeness (QED) is 0.504. The Labute approximate surface area is 195 Å². The summed E-state index contributed by atoms with van der Waals surface area (Å²) < 4.78 is 6.28. The topological polar surface area (TPSA) is 87.2 Å². The van der Waals surface area contributed by atoms with Gasteiger partial charge in [0.1, 0.15) is 23.5 Å². The van der Waals surface area contributed by atoms with Crippen molar-refractivity contribution in [2.75, 3.05) is 31.1 Å². The summed E-state index contributed by atoms with van der Waals surface area (Å²) in [6.07, 6.45) is 6.86. The molecule has 2 aliphatic rings. The Morgan fingerprint density at radius 2 is 1.94 bits per heavy atom. The van der Waals surface area contributed by atoms with Crippen LogP contribution >= 0.6 is 11.6 Å². The van der Waals surface area contributed by atoms with Gasteiger partial charge in [0, 0.05) is 72.7 Å². The van der Waals surface area contributed by atoms with Crippen LogP contribution in [0.4, 0.5) is 5.82 Å². The Kier molecular flexibility index (Phi) is 4.87. The molecule has 0 saturated carbocycles. The van der Waals surface area contributed by atoms with Crippen LogP contribution in [0.3, 0.4) is 0 Å². The Hall–Kier alpha value is -3.65. The number of rotatable bonds is 3. The van der Waals surface area contributed by atoms with Gasteiger partial charge in [0.25, 0.3) is 5.91 Å². The summed E-state index contributed by atoms with van der Waals surface area (Å²) in [5.74, 6) is 1.62. The van der Waals surface area contributed by atoms with E-state index in [1.54, 1.807) is 18.7 Å². The lowest BCUT2D eigenvalue weighted by Crippen LogP contribution is -2.52. The molecule has 8 nitrogen and oxygen atoms in total. The van der Waals surface area contributed by atoms with E-state index < -0.39 is 6.10 Å². The zero-order chi connectivity index (χ0) is 22.4. The largest absolute Gasteiger partial charge is 0.479 e. The van der Waals surface area contributed by atoms with Gasteiger partial charge < -0.3 is 19.5 Å². The number of carbonyl (C=O) groups is 1. The molecule has 1 aromatic carbocycles. The van der Waals surface area contributed by atoms with Crippen LogP contribution in [-0.4, -0.2) is 63.0 Å². The van der Waals surface area contributed by atoms with E-state index in [4.69, 9.17) is 16.3 Å². The molecule has 2 aliphatic heterocycles. The summed E-state index contributed by atoms with van der Waals surface area (Å²) in [5, 5.41) is 1.61. The average Bonchev–Trinajstić information content (AvgIpc) is 3.51. The number of nitrogens with zero attached hydrogens (tertiary/aromatic N) is 5. The molecule has 4 aromatic rings. The first-order valence-corrected chi connectivity index (χ1v) is 11.3. The predicted molar refractivity (Wildman–Crippen MR) is 125 cm³/mol. The van der Waals surface area contributed by atoms with Gasteiger partial charge in [-0.2, -0.15) is 0 Å². The van der Waals surface area contributed by atoms with E-state index in [2.05, 4.69) is 24.8 Å². The molecule has 0 aliphatic carbocycles. The van der Waals surface area contributed by atoms with Crippen LogP contribution in [0.2, 0.25) is 5.02 Å². The number of ether oxygens (including phenoxy) is 1. The minimum atomic E-state index is -0.550. The average molecular weight is 461 g/mol. The van der Waals surface area contributed by atoms with Gasteiger partial charge in [0.05, 0.1) is 0 Å². The number of piperazine rings is 1. The number of carbonyl (C=O) groups excluding carboxylic acids is 1. The third-order valence-electron chi connectivity index (χ3n) is 6.30. The zero-order valence-corrected chi connectivity index (χ0v) is 18.5. The number of H-pyrrole nitrogens is 1. The Balaban J connectivity index is 1.22. The number of amides is 1. The first-order valence-electron chi connectivity index (χ1n) is 10.9. The van der Waals surface area contributed by atoms with Crippen LogP contribution < -0.4 is 9.64 Å². The standard InChI is InChI=1S/C24H21ClN6O2/c25-16-11-15-12-20(24(32)31-9-7-30(8-10-31)21-3-4-26-14-29-21)33-22(15)19(13-16)17-1-5-27-23-18(17)2-6-28-23/h1-6,11,13-14,20H,7-10,12H2,(H,27,28)/t20-/m1/s1. The highest BCUT2D eigenvalue weighted by Gasteiger charge is 2.35. The lowest BCUT2D eigenvalue weighted by atomic mass is 9.99. The van der Waals surface area contributed by atoms with Gasteiger partial charge in [0.15, 0.2) is 6.10 Å². The molecule has 0 radical (unpaired) electrons. The van der Waals surface area contributed by atoms with Crippen molar-refractivity contribution in [1.29, 1.82) is 0 Å². The van der Waals surface area contributed by atoms with Gasteiger partial charge in [-0.3, -0.25) is 4.79 Å². The molecule has 166 valence electrons. The van der Waals surface area contributed by atoms with Crippen molar-refractivity contribution in [1.82, 2.24) is 24.8 Å². The highest BCUT2D eigenvalue weighted by molar-refractivity contribution is 6.31. The fourth-order valence-electron chi connectivity index (χ4n) is 4.69. The van der Waals surface area contributed by atoms with E-state index in [0.29, 0.717) is 24.5 Å². The molecule has 0 spiro atoms. The van der Waals surface area contributed by atoms with E-state index in [-0.39, 0.29) is 5.91 Å². The molecule has 9 heteroatoms. The monoisotopic (exact) mass is 460 g/mol. The summed E-state index contributed by atoms with van der Waals surface area (Å²) >= 11 is 6.46. The van der Waals surface area contributed by atoms with Crippen molar-refractivity contribution < 1.29 is 9.53 Å². The fourth-order valence-corrected chi connectivity index (χ4v) is 4.93. The highest BCUT2D eigenvalue weighted by atomic mass is 35.5. The second-order valence-electron chi connectivity index (χ2n) is 8.23. The molecule has 0 bridgehead atoms. The lowest BCUT2D eigenvalue weighted by Gasteiger charge is -2.36. The SMILES string of the molecule is O=C([C@H]1Cc2cc(Cl)cc(-c3ccnc4[nH]ccc34)c2O1)N1CCN(c2ccncn2)CC1. The van der Waals surface area contributed by atoms with Crippen LogP contribution in [0.1, 0.15) is 5.56 Å². The van der Waals surface area contributed by atoms with Gasteiger partial charge in [-0.15, -0.1) is 0 Å². The predicted octanol–water partition coefficient (Wildman–Crippen LogP) is 3.33. The Morgan fingerprint density at radius 1 is 1.06 bits per heavy atom. The highest BCUT2D eigenvalue weighted by Crippen LogP contribution is 2.43. The van der Waals surface area contributed by atoms with Crippen LogP contribution in [0.5, 0.6) is 5.75 Å². The van der Waals surface area contributed by atoms with Crippen molar-refractivity contribution in [3.8, 4) is 16.9 Å². The third kappa shape index (κ3) is 3.56. The number of hydrogen-bond donors (Lipinski definition) is 1. The van der Waals surface area contributed by atoms with E-state index in [0.717, 1.165) is 52.4 Å². The molecule has 1 fully saturated rings. The number of aromatic nitrogens is 4. The minimum Gasteiger partial charge on any atom is -0.479 e. The number of fused-ring (bicyclic) bond motifs is 2. The molecule has 6 rings (SSSR count). The number of halogens is 1.